The van der Waals surface area contributed by atoms with Crippen LogP contribution in [0.3, 0.4) is 0 Å². The van der Waals surface area contributed by atoms with Gasteiger partial charge in [0.15, 0.2) is 5.13 Å². The third-order valence-corrected chi connectivity index (χ3v) is 5.24. The Morgan fingerprint density at radius 2 is 2.00 bits per heavy atom. The van der Waals surface area contributed by atoms with Crippen molar-refractivity contribution < 1.29 is 14.0 Å². The molecule has 1 N–H and O–H groups in total. The van der Waals surface area contributed by atoms with Crippen LogP contribution in [0.1, 0.15) is 12.5 Å². The van der Waals surface area contributed by atoms with E-state index in [1.165, 1.54) is 17.4 Å². The largest absolute Gasteiger partial charge is 0.340 e. The SMILES string of the molecule is C[C@H](C(=O)Nc1nccs1)N1CCN(C(=O)Cc2ccccc2F)CC1. The summed E-state index contributed by atoms with van der Waals surface area (Å²) in [6.45, 7) is 4.12. The zero-order chi connectivity index (χ0) is 18.5. The van der Waals surface area contributed by atoms with E-state index in [-0.39, 0.29) is 30.1 Å². The molecule has 1 atom stereocenters. The Hall–Kier alpha value is -2.32. The molecule has 0 aliphatic carbocycles. The van der Waals surface area contributed by atoms with E-state index < -0.39 is 0 Å². The van der Waals surface area contributed by atoms with Crippen molar-refractivity contribution in [3.63, 3.8) is 0 Å². The molecule has 1 aliphatic rings. The second-order valence-corrected chi connectivity index (χ2v) is 7.08. The van der Waals surface area contributed by atoms with E-state index in [2.05, 4.69) is 10.3 Å². The highest BCUT2D eigenvalue weighted by molar-refractivity contribution is 7.13. The first-order valence-corrected chi connectivity index (χ1v) is 9.38. The number of nitrogens with zero attached hydrogens (tertiary/aromatic N) is 3. The van der Waals surface area contributed by atoms with Crippen LogP contribution in [0.5, 0.6) is 0 Å². The fourth-order valence-electron chi connectivity index (χ4n) is 2.94. The fourth-order valence-corrected chi connectivity index (χ4v) is 3.47. The number of carbonyl (C=O) groups is 2. The summed E-state index contributed by atoms with van der Waals surface area (Å²) in [7, 11) is 0. The molecule has 0 spiro atoms. The third-order valence-electron chi connectivity index (χ3n) is 4.56. The zero-order valence-electron chi connectivity index (χ0n) is 14.5. The smallest absolute Gasteiger partial charge is 0.243 e. The second-order valence-electron chi connectivity index (χ2n) is 6.19. The topological polar surface area (TPSA) is 65.5 Å². The number of halogens is 1. The minimum absolute atomic E-state index is 0.0623. The summed E-state index contributed by atoms with van der Waals surface area (Å²) in [5, 5.41) is 5.19. The van der Waals surface area contributed by atoms with Gasteiger partial charge >= 0.3 is 0 Å². The lowest BCUT2D eigenvalue weighted by atomic mass is 10.1. The predicted octanol–water partition coefficient (Wildman–Crippen LogP) is 2.00. The van der Waals surface area contributed by atoms with Crippen LogP contribution in [-0.2, 0) is 16.0 Å². The Labute approximate surface area is 155 Å². The molecule has 0 bridgehead atoms. The molecule has 0 unspecified atom stereocenters. The lowest BCUT2D eigenvalue weighted by Gasteiger charge is -2.37. The summed E-state index contributed by atoms with van der Waals surface area (Å²) in [4.78, 5) is 32.5. The Balaban J connectivity index is 1.49. The van der Waals surface area contributed by atoms with Crippen LogP contribution in [0, 0.1) is 5.82 Å². The van der Waals surface area contributed by atoms with E-state index in [1.807, 2.05) is 11.8 Å². The number of hydrogen-bond donors (Lipinski definition) is 1. The third kappa shape index (κ3) is 4.44. The highest BCUT2D eigenvalue weighted by atomic mass is 32.1. The van der Waals surface area contributed by atoms with Gasteiger partial charge in [0, 0.05) is 37.8 Å². The molecule has 0 radical (unpaired) electrons. The van der Waals surface area contributed by atoms with Crippen LogP contribution in [0.2, 0.25) is 0 Å². The molecule has 3 rings (SSSR count). The monoisotopic (exact) mass is 376 g/mol. The molecular weight excluding hydrogens is 355 g/mol. The van der Waals surface area contributed by atoms with Crippen LogP contribution in [-0.4, -0.2) is 58.8 Å². The number of thiazole rings is 1. The molecule has 8 heteroatoms. The second kappa shape index (κ2) is 8.37. The maximum Gasteiger partial charge on any atom is 0.243 e. The van der Waals surface area contributed by atoms with Crippen molar-refractivity contribution in [2.45, 2.75) is 19.4 Å². The summed E-state index contributed by atoms with van der Waals surface area (Å²) in [6, 6.07) is 6.03. The van der Waals surface area contributed by atoms with Gasteiger partial charge in [0.2, 0.25) is 11.8 Å². The van der Waals surface area contributed by atoms with Gasteiger partial charge in [-0.2, -0.15) is 0 Å². The molecule has 1 aliphatic heterocycles. The van der Waals surface area contributed by atoms with Gasteiger partial charge in [-0.1, -0.05) is 18.2 Å². The van der Waals surface area contributed by atoms with Crippen molar-refractivity contribution in [3.05, 3.63) is 47.2 Å². The number of piperazine rings is 1. The molecular formula is C18H21FN4O2S. The summed E-state index contributed by atoms with van der Waals surface area (Å²) in [6.07, 6.45) is 1.71. The lowest BCUT2D eigenvalue weighted by molar-refractivity contribution is -0.133. The highest BCUT2D eigenvalue weighted by Gasteiger charge is 2.28. The van der Waals surface area contributed by atoms with Gasteiger partial charge in [0.05, 0.1) is 12.5 Å². The van der Waals surface area contributed by atoms with E-state index >= 15 is 0 Å². The fraction of sp³-hybridized carbons (Fsp3) is 0.389. The average Bonchev–Trinajstić information content (AvgIpc) is 3.16. The Morgan fingerprint density at radius 3 is 2.65 bits per heavy atom. The van der Waals surface area contributed by atoms with E-state index in [4.69, 9.17) is 0 Å². The van der Waals surface area contributed by atoms with Crippen LogP contribution in [0.15, 0.2) is 35.8 Å². The van der Waals surface area contributed by atoms with Gasteiger partial charge in [-0.15, -0.1) is 11.3 Å². The minimum Gasteiger partial charge on any atom is -0.340 e. The van der Waals surface area contributed by atoms with Crippen molar-refractivity contribution >= 4 is 28.3 Å². The summed E-state index contributed by atoms with van der Waals surface area (Å²) >= 11 is 1.38. The summed E-state index contributed by atoms with van der Waals surface area (Å²) < 4.78 is 13.7. The molecule has 1 fully saturated rings. The van der Waals surface area contributed by atoms with Crippen molar-refractivity contribution in [2.75, 3.05) is 31.5 Å². The van der Waals surface area contributed by atoms with Gasteiger partial charge in [-0.05, 0) is 18.6 Å². The number of anilines is 1. The quantitative estimate of drug-likeness (QED) is 0.867. The van der Waals surface area contributed by atoms with Gasteiger partial charge in [0.25, 0.3) is 0 Å². The lowest BCUT2D eigenvalue weighted by Crippen LogP contribution is -2.54. The first-order chi connectivity index (χ1) is 12.5. The molecule has 0 saturated carbocycles. The molecule has 2 aromatic rings. The first-order valence-electron chi connectivity index (χ1n) is 8.50. The van der Waals surface area contributed by atoms with E-state index in [0.29, 0.717) is 36.9 Å². The zero-order valence-corrected chi connectivity index (χ0v) is 15.3. The van der Waals surface area contributed by atoms with E-state index in [9.17, 15) is 14.0 Å². The average molecular weight is 376 g/mol. The number of hydrogen-bond acceptors (Lipinski definition) is 5. The maximum atomic E-state index is 13.7. The first kappa shape index (κ1) is 18.5. The van der Waals surface area contributed by atoms with Gasteiger partial charge in [0.1, 0.15) is 5.82 Å². The number of benzene rings is 1. The van der Waals surface area contributed by atoms with Crippen molar-refractivity contribution in [1.82, 2.24) is 14.8 Å². The maximum absolute atomic E-state index is 13.7. The molecule has 2 amide bonds. The standard InChI is InChI=1S/C18H21FN4O2S/c1-13(17(25)21-18-20-6-11-26-18)22-7-9-23(10-8-22)16(24)12-14-4-2-3-5-15(14)19/h2-6,11,13H,7-10,12H2,1H3,(H,20,21,25)/t13-/m1/s1. The van der Waals surface area contributed by atoms with Gasteiger partial charge in [-0.25, -0.2) is 9.37 Å². The summed E-state index contributed by atoms with van der Waals surface area (Å²) in [5.41, 5.74) is 0.413. The van der Waals surface area contributed by atoms with Gasteiger partial charge < -0.3 is 10.2 Å². The van der Waals surface area contributed by atoms with Crippen molar-refractivity contribution in [1.29, 1.82) is 0 Å². The molecule has 1 aromatic carbocycles. The van der Waals surface area contributed by atoms with Crippen LogP contribution in [0.25, 0.3) is 0 Å². The number of rotatable bonds is 5. The molecule has 2 heterocycles. The highest BCUT2D eigenvalue weighted by Crippen LogP contribution is 2.14. The Bertz CT molecular complexity index is 760. The molecule has 138 valence electrons. The van der Waals surface area contributed by atoms with Gasteiger partial charge in [-0.3, -0.25) is 14.5 Å². The molecule has 1 aromatic heterocycles. The Morgan fingerprint density at radius 1 is 1.27 bits per heavy atom. The normalized spacial score (nSPS) is 16.3. The molecule has 26 heavy (non-hydrogen) atoms. The number of carbonyl (C=O) groups excluding carboxylic acids is 2. The van der Waals surface area contributed by atoms with Crippen molar-refractivity contribution in [2.24, 2.45) is 0 Å². The Kier molecular flexibility index (Phi) is 5.95. The van der Waals surface area contributed by atoms with Crippen LogP contribution < -0.4 is 5.32 Å². The number of amides is 2. The molecule has 1 saturated heterocycles. The predicted molar refractivity (Wildman–Crippen MR) is 98.5 cm³/mol. The minimum atomic E-state index is -0.355. The molecule has 6 nitrogen and oxygen atoms in total. The summed E-state index contributed by atoms with van der Waals surface area (Å²) in [5.74, 6) is -0.548. The number of nitrogens with one attached hydrogen (secondary N) is 1. The van der Waals surface area contributed by atoms with E-state index in [1.54, 1.807) is 34.7 Å². The van der Waals surface area contributed by atoms with Crippen LogP contribution in [0.4, 0.5) is 9.52 Å². The van der Waals surface area contributed by atoms with Crippen molar-refractivity contribution in [3.8, 4) is 0 Å². The van der Waals surface area contributed by atoms with E-state index in [0.717, 1.165) is 0 Å². The van der Waals surface area contributed by atoms with Crippen LogP contribution >= 0.6 is 11.3 Å². The number of aromatic nitrogens is 1.